The smallest absolute Gasteiger partial charge is 0.334 e. The Labute approximate surface area is 103 Å². The van der Waals surface area contributed by atoms with E-state index < -0.39 is 24.1 Å². The second-order valence-corrected chi connectivity index (χ2v) is 3.74. The second kappa shape index (κ2) is 6.01. The molecule has 0 aromatic carbocycles. The Bertz CT molecular complexity index is 431. The van der Waals surface area contributed by atoms with Gasteiger partial charge in [-0.05, 0) is 13.8 Å². The van der Waals surface area contributed by atoms with Crippen LogP contribution in [0.2, 0.25) is 0 Å². The van der Waals surface area contributed by atoms with Crippen LogP contribution >= 0.6 is 0 Å². The van der Waals surface area contributed by atoms with Crippen molar-refractivity contribution in [3.8, 4) is 0 Å². The molecule has 2 amide bonds. The van der Waals surface area contributed by atoms with E-state index >= 15 is 0 Å². The van der Waals surface area contributed by atoms with Crippen LogP contribution in [0.3, 0.4) is 0 Å². The van der Waals surface area contributed by atoms with Crippen molar-refractivity contribution in [1.29, 1.82) is 0 Å². The molecule has 2 atom stereocenters. The second-order valence-electron chi connectivity index (χ2n) is 3.74. The van der Waals surface area contributed by atoms with Crippen LogP contribution in [0.1, 0.15) is 24.6 Å². The fraction of sp³-hybridized carbons (Fsp3) is 0.500. The van der Waals surface area contributed by atoms with Crippen molar-refractivity contribution < 1.29 is 24.2 Å². The van der Waals surface area contributed by atoms with Gasteiger partial charge in [-0.1, -0.05) is 0 Å². The number of amides is 2. The van der Waals surface area contributed by atoms with Gasteiger partial charge >= 0.3 is 12.0 Å². The largest absolute Gasteiger partial charge is 0.479 e. The number of hydrogen-bond donors (Lipinski definition) is 4. The van der Waals surface area contributed by atoms with Gasteiger partial charge in [0, 0.05) is 0 Å². The van der Waals surface area contributed by atoms with Crippen LogP contribution < -0.4 is 10.6 Å². The number of nitrogens with zero attached hydrogens (tertiary/aromatic N) is 1. The lowest BCUT2D eigenvalue weighted by molar-refractivity contribution is -0.146. The number of nitrogens with one attached hydrogen (secondary N) is 2. The first kappa shape index (κ1) is 14.0. The molecule has 18 heavy (non-hydrogen) atoms. The van der Waals surface area contributed by atoms with Crippen LogP contribution in [0.25, 0.3) is 0 Å². The maximum atomic E-state index is 11.4. The minimum absolute atomic E-state index is 0.349. The molecule has 0 saturated heterocycles. The average molecular weight is 257 g/mol. The Balaban J connectivity index is 2.38. The van der Waals surface area contributed by atoms with Crippen molar-refractivity contribution in [2.75, 3.05) is 6.54 Å². The molecule has 0 aliphatic heterocycles. The normalized spacial score (nSPS) is 13.7. The summed E-state index contributed by atoms with van der Waals surface area (Å²) in [4.78, 5) is 25.6. The highest BCUT2D eigenvalue weighted by Gasteiger charge is 2.17. The lowest BCUT2D eigenvalue weighted by Crippen LogP contribution is -2.42. The van der Waals surface area contributed by atoms with Crippen molar-refractivity contribution in [3.63, 3.8) is 0 Å². The van der Waals surface area contributed by atoms with Gasteiger partial charge in [0.15, 0.2) is 6.10 Å². The zero-order chi connectivity index (χ0) is 13.7. The third kappa shape index (κ3) is 4.06. The summed E-state index contributed by atoms with van der Waals surface area (Å²) < 4.78 is 5.21. The monoisotopic (exact) mass is 257 g/mol. The molecule has 8 heteroatoms. The minimum Gasteiger partial charge on any atom is -0.479 e. The Morgan fingerprint density at radius 1 is 1.56 bits per heavy atom. The fourth-order valence-corrected chi connectivity index (χ4v) is 1.16. The highest BCUT2D eigenvalue weighted by Crippen LogP contribution is 2.11. The predicted molar refractivity (Wildman–Crippen MR) is 59.8 cm³/mol. The van der Waals surface area contributed by atoms with Crippen molar-refractivity contribution in [2.45, 2.75) is 26.0 Å². The summed E-state index contributed by atoms with van der Waals surface area (Å²) in [6, 6.07) is -1.07. The zero-order valence-corrected chi connectivity index (χ0v) is 10.0. The summed E-state index contributed by atoms with van der Waals surface area (Å²) in [6.07, 6.45) is -0.102. The lowest BCUT2D eigenvalue weighted by atomic mass is 10.3. The van der Waals surface area contributed by atoms with Gasteiger partial charge in [-0.25, -0.2) is 14.6 Å². The molecule has 0 bridgehead atoms. The number of urea groups is 1. The van der Waals surface area contributed by atoms with Crippen molar-refractivity contribution in [2.24, 2.45) is 0 Å². The topological polar surface area (TPSA) is 125 Å². The molecule has 0 fully saturated rings. The van der Waals surface area contributed by atoms with Crippen LogP contribution in [0.5, 0.6) is 0 Å². The molecule has 1 unspecified atom stereocenters. The van der Waals surface area contributed by atoms with Gasteiger partial charge in [-0.3, -0.25) is 0 Å². The molecule has 1 heterocycles. The van der Waals surface area contributed by atoms with E-state index in [0.717, 1.165) is 0 Å². The van der Waals surface area contributed by atoms with E-state index in [0.29, 0.717) is 11.7 Å². The van der Waals surface area contributed by atoms with Gasteiger partial charge in [0.1, 0.15) is 11.8 Å². The highest BCUT2D eigenvalue weighted by atomic mass is 16.4. The third-order valence-corrected chi connectivity index (χ3v) is 2.10. The van der Waals surface area contributed by atoms with Gasteiger partial charge in [-0.2, -0.15) is 0 Å². The Morgan fingerprint density at radius 2 is 2.22 bits per heavy atom. The zero-order valence-electron chi connectivity index (χ0n) is 10.0. The first-order valence-electron chi connectivity index (χ1n) is 5.27. The molecule has 1 rings (SSSR count). The van der Waals surface area contributed by atoms with Gasteiger partial charge in [0.2, 0.25) is 5.89 Å². The summed E-state index contributed by atoms with van der Waals surface area (Å²) in [5.74, 6) is -0.423. The molecule has 0 aliphatic carbocycles. The Hall–Kier alpha value is -2.09. The number of aliphatic hydroxyl groups is 1. The maximum absolute atomic E-state index is 11.4. The summed E-state index contributed by atoms with van der Waals surface area (Å²) in [7, 11) is 0. The number of rotatable bonds is 5. The summed E-state index contributed by atoms with van der Waals surface area (Å²) >= 11 is 0. The number of carboxylic acid groups (broad SMARTS) is 1. The third-order valence-electron chi connectivity index (χ3n) is 2.10. The van der Waals surface area contributed by atoms with Crippen LogP contribution in [0.4, 0.5) is 4.79 Å². The number of carbonyl (C=O) groups excluding carboxylic acids is 1. The van der Waals surface area contributed by atoms with E-state index in [1.165, 1.54) is 6.20 Å². The van der Waals surface area contributed by atoms with Crippen LogP contribution in [-0.4, -0.2) is 39.8 Å². The number of aliphatic carboxylic acids is 1. The fourth-order valence-electron chi connectivity index (χ4n) is 1.16. The van der Waals surface area contributed by atoms with Crippen molar-refractivity contribution >= 4 is 12.0 Å². The number of carboxylic acids is 1. The van der Waals surface area contributed by atoms with E-state index in [-0.39, 0.29) is 6.54 Å². The van der Waals surface area contributed by atoms with Gasteiger partial charge < -0.3 is 25.3 Å². The number of carbonyl (C=O) groups is 2. The molecular formula is C10H15N3O5. The summed E-state index contributed by atoms with van der Waals surface area (Å²) in [5.41, 5.74) is 0. The molecule has 1 aromatic rings. The van der Waals surface area contributed by atoms with Crippen LogP contribution in [0.15, 0.2) is 10.6 Å². The van der Waals surface area contributed by atoms with Crippen LogP contribution in [0, 0.1) is 6.92 Å². The van der Waals surface area contributed by atoms with Crippen molar-refractivity contribution in [1.82, 2.24) is 15.6 Å². The average Bonchev–Trinajstić information content (AvgIpc) is 2.72. The molecule has 1 aromatic heterocycles. The number of aromatic nitrogens is 1. The predicted octanol–water partition coefficient (Wildman–Crippen LogP) is -0.211. The molecule has 0 aliphatic rings. The van der Waals surface area contributed by atoms with E-state index in [9.17, 15) is 9.59 Å². The first-order valence-corrected chi connectivity index (χ1v) is 5.27. The number of aliphatic hydroxyl groups excluding tert-OH is 1. The van der Waals surface area contributed by atoms with Gasteiger partial charge in [0.05, 0.1) is 12.7 Å². The maximum Gasteiger partial charge on any atom is 0.334 e. The quantitative estimate of drug-likeness (QED) is 0.578. The van der Waals surface area contributed by atoms with Gasteiger partial charge in [-0.15, -0.1) is 0 Å². The van der Waals surface area contributed by atoms with Crippen LogP contribution in [-0.2, 0) is 4.79 Å². The van der Waals surface area contributed by atoms with Crippen molar-refractivity contribution in [3.05, 3.63) is 17.8 Å². The standard InChI is InChI=1S/C10H15N3O5/c1-5-3-11-8(18-5)6(2)13-10(17)12-4-7(14)9(15)16/h3,6-7,14H,4H2,1-2H3,(H,15,16)(H2,12,13,17)/t6?,7-/m0/s1. The Kier molecular flexibility index (Phi) is 4.67. The summed E-state index contributed by atoms with van der Waals surface area (Å²) in [6.45, 7) is 3.02. The minimum atomic E-state index is -1.63. The SMILES string of the molecule is Cc1cnc(C(C)NC(=O)NC[C@H](O)C(=O)O)o1. The molecule has 0 spiro atoms. The molecule has 0 radical (unpaired) electrons. The first-order chi connectivity index (χ1) is 8.40. The Morgan fingerprint density at radius 3 is 2.72 bits per heavy atom. The van der Waals surface area contributed by atoms with E-state index in [2.05, 4.69) is 15.6 Å². The number of hydrogen-bond acceptors (Lipinski definition) is 5. The molecule has 0 saturated carbocycles. The molecular weight excluding hydrogens is 242 g/mol. The number of aryl methyl sites for hydroxylation is 1. The molecule has 4 N–H and O–H groups in total. The highest BCUT2D eigenvalue weighted by molar-refractivity contribution is 5.76. The lowest BCUT2D eigenvalue weighted by Gasteiger charge is -2.12. The number of oxazole rings is 1. The molecule has 8 nitrogen and oxygen atoms in total. The van der Waals surface area contributed by atoms with E-state index in [4.69, 9.17) is 14.6 Å². The van der Waals surface area contributed by atoms with E-state index in [1.807, 2.05) is 0 Å². The van der Waals surface area contributed by atoms with E-state index in [1.54, 1.807) is 13.8 Å². The van der Waals surface area contributed by atoms with Gasteiger partial charge in [0.25, 0.3) is 0 Å². The summed E-state index contributed by atoms with van der Waals surface area (Å²) in [5, 5.41) is 22.1. The molecule has 100 valence electrons.